The van der Waals surface area contributed by atoms with Gasteiger partial charge in [0, 0.05) is 48.6 Å². The molecule has 8 heteroatoms. The van der Waals surface area contributed by atoms with E-state index in [0.29, 0.717) is 49.2 Å². The standard InChI is InChI=1S/C25H23N5O3/c1-15-8-17(9-18-12-28-29-23(15)18)24(32)30-6-4-25(5-7-30)11-21(31)20-10-16(2-3-22(20)33-25)19-13-26-27-14-19/h2-3,8-10,12-14H,4-7,11H2,1H3,(H,26,27)(H,28,29). The summed E-state index contributed by atoms with van der Waals surface area (Å²) in [6.45, 7) is 3.08. The van der Waals surface area contributed by atoms with Crippen LogP contribution in [0.1, 0.15) is 45.5 Å². The summed E-state index contributed by atoms with van der Waals surface area (Å²) in [5.41, 5.74) is 4.53. The number of likely N-dealkylation sites (tertiary alicyclic amines) is 1. The van der Waals surface area contributed by atoms with E-state index in [4.69, 9.17) is 4.74 Å². The van der Waals surface area contributed by atoms with Gasteiger partial charge in [-0.3, -0.25) is 19.8 Å². The Kier molecular flexibility index (Phi) is 4.36. The van der Waals surface area contributed by atoms with E-state index in [0.717, 1.165) is 27.6 Å². The number of amides is 1. The average molecular weight is 441 g/mol. The highest BCUT2D eigenvalue weighted by molar-refractivity contribution is 6.02. The number of carbonyl (C=O) groups excluding carboxylic acids is 2. The first-order valence-corrected chi connectivity index (χ1v) is 11.1. The normalized spacial score (nSPS) is 17.2. The molecular weight excluding hydrogens is 418 g/mol. The van der Waals surface area contributed by atoms with Crippen LogP contribution in [0.3, 0.4) is 0 Å². The molecule has 8 nitrogen and oxygen atoms in total. The molecule has 4 aromatic rings. The summed E-state index contributed by atoms with van der Waals surface area (Å²) >= 11 is 0. The highest BCUT2D eigenvalue weighted by Crippen LogP contribution is 2.41. The van der Waals surface area contributed by atoms with Gasteiger partial charge in [0.05, 0.1) is 29.9 Å². The van der Waals surface area contributed by atoms with Gasteiger partial charge in [-0.15, -0.1) is 0 Å². The molecule has 6 rings (SSSR count). The van der Waals surface area contributed by atoms with Gasteiger partial charge >= 0.3 is 0 Å². The van der Waals surface area contributed by atoms with Crippen molar-refractivity contribution in [2.24, 2.45) is 0 Å². The lowest BCUT2D eigenvalue weighted by Gasteiger charge is -2.44. The smallest absolute Gasteiger partial charge is 0.253 e. The number of H-pyrrole nitrogens is 2. The molecule has 0 radical (unpaired) electrons. The third kappa shape index (κ3) is 3.29. The number of nitrogens with one attached hydrogen (secondary N) is 2. The fraction of sp³-hybridized carbons (Fsp3) is 0.280. The van der Waals surface area contributed by atoms with Crippen LogP contribution in [0.4, 0.5) is 0 Å². The number of Topliss-reactive ketones (excluding diaryl/α,β-unsaturated/α-hetero) is 1. The van der Waals surface area contributed by atoms with Gasteiger partial charge in [-0.1, -0.05) is 6.07 Å². The number of aromatic amines is 2. The summed E-state index contributed by atoms with van der Waals surface area (Å²) in [6, 6.07) is 9.48. The fourth-order valence-corrected chi connectivity index (χ4v) is 5.02. The minimum atomic E-state index is -0.553. The summed E-state index contributed by atoms with van der Waals surface area (Å²) in [6.07, 6.45) is 6.85. The minimum Gasteiger partial charge on any atom is -0.486 e. The summed E-state index contributed by atoms with van der Waals surface area (Å²) in [5, 5.41) is 14.8. The number of carbonyl (C=O) groups is 2. The van der Waals surface area contributed by atoms with Crippen LogP contribution in [-0.4, -0.2) is 55.7 Å². The SMILES string of the molecule is Cc1cc(C(=O)N2CCC3(CC2)CC(=O)c2cc(-c4cn[nH]c4)ccc2O3)cc2cn[nH]c12. The Morgan fingerprint density at radius 1 is 1.09 bits per heavy atom. The molecule has 2 aliphatic rings. The van der Waals surface area contributed by atoms with Gasteiger partial charge in [0.2, 0.25) is 0 Å². The van der Waals surface area contributed by atoms with Crippen LogP contribution in [0.15, 0.2) is 48.9 Å². The van der Waals surface area contributed by atoms with Crippen molar-refractivity contribution in [1.29, 1.82) is 0 Å². The van der Waals surface area contributed by atoms with Crippen molar-refractivity contribution in [3.63, 3.8) is 0 Å². The molecule has 0 bridgehead atoms. The predicted octanol–water partition coefficient (Wildman–Crippen LogP) is 3.90. The van der Waals surface area contributed by atoms with Crippen LogP contribution in [0.5, 0.6) is 5.75 Å². The summed E-state index contributed by atoms with van der Waals surface area (Å²) < 4.78 is 6.41. The maximum Gasteiger partial charge on any atom is 0.253 e. The quantitative estimate of drug-likeness (QED) is 0.491. The van der Waals surface area contributed by atoms with Crippen LogP contribution in [0.2, 0.25) is 0 Å². The lowest BCUT2D eigenvalue weighted by molar-refractivity contribution is -0.00569. The van der Waals surface area contributed by atoms with E-state index in [1.165, 1.54) is 0 Å². The average Bonchev–Trinajstić information content (AvgIpc) is 3.51. The molecule has 166 valence electrons. The molecule has 2 aromatic heterocycles. The molecule has 0 atom stereocenters. The van der Waals surface area contributed by atoms with Crippen molar-refractivity contribution in [1.82, 2.24) is 25.3 Å². The molecule has 2 aliphatic heterocycles. The number of aromatic nitrogens is 4. The first-order valence-electron chi connectivity index (χ1n) is 11.1. The third-order valence-electron chi connectivity index (χ3n) is 6.88. The van der Waals surface area contributed by atoms with Gasteiger partial charge < -0.3 is 9.64 Å². The zero-order valence-electron chi connectivity index (χ0n) is 18.2. The molecule has 1 spiro atoms. The number of piperidine rings is 1. The van der Waals surface area contributed by atoms with Crippen molar-refractivity contribution in [3.8, 4) is 16.9 Å². The number of rotatable bonds is 2. The number of ether oxygens (including phenoxy) is 1. The third-order valence-corrected chi connectivity index (χ3v) is 6.88. The van der Waals surface area contributed by atoms with Crippen LogP contribution < -0.4 is 4.74 Å². The number of hydrogen-bond acceptors (Lipinski definition) is 5. The molecule has 4 heterocycles. The van der Waals surface area contributed by atoms with Gasteiger partial charge in [-0.25, -0.2) is 0 Å². The Hall–Kier alpha value is -3.94. The second-order valence-corrected chi connectivity index (χ2v) is 9.00. The Labute approximate surface area is 189 Å². The van der Waals surface area contributed by atoms with E-state index in [-0.39, 0.29) is 11.7 Å². The van der Waals surface area contributed by atoms with E-state index in [9.17, 15) is 9.59 Å². The summed E-state index contributed by atoms with van der Waals surface area (Å²) in [7, 11) is 0. The van der Waals surface area contributed by atoms with Crippen molar-refractivity contribution in [2.45, 2.75) is 31.8 Å². The molecule has 0 unspecified atom stereocenters. The van der Waals surface area contributed by atoms with Crippen molar-refractivity contribution in [3.05, 3.63) is 65.6 Å². The Bertz CT molecular complexity index is 1380. The van der Waals surface area contributed by atoms with Gasteiger partial charge in [0.15, 0.2) is 5.78 Å². The van der Waals surface area contributed by atoms with E-state index < -0.39 is 5.60 Å². The summed E-state index contributed by atoms with van der Waals surface area (Å²) in [4.78, 5) is 28.1. The highest BCUT2D eigenvalue weighted by atomic mass is 16.5. The molecule has 1 fully saturated rings. The molecule has 2 N–H and O–H groups in total. The van der Waals surface area contributed by atoms with Crippen LogP contribution in [-0.2, 0) is 0 Å². The molecule has 1 amide bonds. The number of ketones is 1. The largest absolute Gasteiger partial charge is 0.486 e. The van der Waals surface area contributed by atoms with Gasteiger partial charge in [0.25, 0.3) is 5.91 Å². The Morgan fingerprint density at radius 3 is 2.73 bits per heavy atom. The monoisotopic (exact) mass is 441 g/mol. The van der Waals surface area contributed by atoms with Crippen molar-refractivity contribution >= 4 is 22.6 Å². The number of hydrogen-bond donors (Lipinski definition) is 2. The highest BCUT2D eigenvalue weighted by Gasteiger charge is 2.43. The second kappa shape index (κ2) is 7.30. The molecule has 2 aromatic carbocycles. The van der Waals surface area contributed by atoms with E-state index >= 15 is 0 Å². The number of benzene rings is 2. The minimum absolute atomic E-state index is 0.00309. The lowest BCUT2D eigenvalue weighted by Crippen LogP contribution is -2.52. The first-order chi connectivity index (χ1) is 16.0. The molecule has 0 aliphatic carbocycles. The van der Waals surface area contributed by atoms with Crippen LogP contribution >= 0.6 is 0 Å². The fourth-order valence-electron chi connectivity index (χ4n) is 5.02. The number of fused-ring (bicyclic) bond motifs is 2. The number of nitrogens with zero attached hydrogens (tertiary/aromatic N) is 3. The number of aryl methyl sites for hydroxylation is 1. The molecular formula is C25H23N5O3. The molecule has 0 saturated carbocycles. The Morgan fingerprint density at radius 2 is 1.94 bits per heavy atom. The van der Waals surface area contributed by atoms with Gasteiger partial charge in [-0.05, 0) is 42.3 Å². The van der Waals surface area contributed by atoms with Crippen LogP contribution in [0.25, 0.3) is 22.0 Å². The van der Waals surface area contributed by atoms with Crippen molar-refractivity contribution < 1.29 is 14.3 Å². The zero-order valence-corrected chi connectivity index (χ0v) is 18.2. The van der Waals surface area contributed by atoms with Gasteiger partial charge in [-0.2, -0.15) is 10.2 Å². The molecule has 33 heavy (non-hydrogen) atoms. The maximum atomic E-state index is 13.2. The molecule has 1 saturated heterocycles. The van der Waals surface area contributed by atoms with Crippen molar-refractivity contribution in [2.75, 3.05) is 13.1 Å². The Balaban J connectivity index is 1.19. The summed E-state index contributed by atoms with van der Waals surface area (Å²) in [5.74, 6) is 0.713. The van der Waals surface area contributed by atoms with Gasteiger partial charge in [0.1, 0.15) is 11.4 Å². The van der Waals surface area contributed by atoms with E-state index in [1.807, 2.05) is 42.2 Å². The van der Waals surface area contributed by atoms with Crippen LogP contribution in [0, 0.1) is 6.92 Å². The maximum absolute atomic E-state index is 13.2. The lowest BCUT2D eigenvalue weighted by atomic mass is 9.82. The zero-order chi connectivity index (χ0) is 22.6. The van der Waals surface area contributed by atoms with E-state index in [2.05, 4.69) is 20.4 Å². The first kappa shape index (κ1) is 19.7. The second-order valence-electron chi connectivity index (χ2n) is 9.00. The van der Waals surface area contributed by atoms with E-state index in [1.54, 1.807) is 18.6 Å². The topological polar surface area (TPSA) is 104 Å². The predicted molar refractivity (Wildman–Crippen MR) is 122 cm³/mol.